The van der Waals surface area contributed by atoms with Crippen LogP contribution in [0.4, 0.5) is 0 Å². The van der Waals surface area contributed by atoms with Gasteiger partial charge in [0.05, 0.1) is 11.4 Å². The molecule has 4 heteroatoms. The molecule has 8 aromatic carbocycles. The normalized spacial score (nSPS) is 12.0. The molecule has 0 radical (unpaired) electrons. The second-order valence-corrected chi connectivity index (χ2v) is 18.1. The Morgan fingerprint density at radius 2 is 0.921 bits per heavy atom. The molecule has 63 heavy (non-hydrogen) atoms. The fourth-order valence-electron chi connectivity index (χ4n) is 8.46. The molecule has 0 bridgehead atoms. The molecule has 3 heterocycles. The lowest BCUT2D eigenvalue weighted by Crippen LogP contribution is -1.97. The maximum atomic E-state index is 5.39. The van der Waals surface area contributed by atoms with Gasteiger partial charge in [0.25, 0.3) is 0 Å². The molecule has 0 aliphatic rings. The average Bonchev–Trinajstić information content (AvgIpc) is 3.92. The summed E-state index contributed by atoms with van der Waals surface area (Å²) in [5.41, 5.74) is 13.6. The Morgan fingerprint density at radius 1 is 0.413 bits per heavy atom. The van der Waals surface area contributed by atoms with Gasteiger partial charge in [0.1, 0.15) is 0 Å². The Labute approximate surface area is 375 Å². The van der Waals surface area contributed by atoms with Crippen LogP contribution in [0.15, 0.2) is 219 Å². The standard InChI is InChI=1S/C59H40N2S2/c1-38(40-17-5-3-6-18-40)15-13-16-39(2)42-21-14-22-45(31-42)54-37-53(41-19-7-4-8-20-41)60-59(61-54)48-33-46(43-27-29-57-51(35-43)49-23-9-11-25-55(49)62-57)32-47(34-48)44-28-30-58-52(36-44)50-24-10-12-26-56(50)63-58/h3-37H,2H2,1H3/b16-13-,38-15+. The van der Waals surface area contributed by atoms with Crippen molar-refractivity contribution in [1.29, 1.82) is 0 Å². The smallest absolute Gasteiger partial charge is 0.160 e. The molecule has 11 rings (SSSR count). The van der Waals surface area contributed by atoms with E-state index in [-0.39, 0.29) is 0 Å². The Kier molecular flexibility index (Phi) is 10.0. The lowest BCUT2D eigenvalue weighted by Gasteiger charge is -2.14. The van der Waals surface area contributed by atoms with Crippen LogP contribution in [0.5, 0.6) is 0 Å². The summed E-state index contributed by atoms with van der Waals surface area (Å²) in [7, 11) is 0. The predicted molar refractivity (Wildman–Crippen MR) is 273 cm³/mol. The van der Waals surface area contributed by atoms with Gasteiger partial charge in [0.15, 0.2) is 5.82 Å². The first-order chi connectivity index (χ1) is 31.0. The van der Waals surface area contributed by atoms with E-state index in [1.807, 2.05) is 34.8 Å². The van der Waals surface area contributed by atoms with Crippen LogP contribution in [-0.4, -0.2) is 9.97 Å². The van der Waals surface area contributed by atoms with Crippen molar-refractivity contribution >= 4 is 74.2 Å². The number of benzene rings is 8. The maximum Gasteiger partial charge on any atom is 0.160 e. The highest BCUT2D eigenvalue weighted by atomic mass is 32.1. The molecule has 0 spiro atoms. The molecule has 3 aromatic heterocycles. The first kappa shape index (κ1) is 38.4. The number of nitrogens with zero attached hydrogens (tertiary/aromatic N) is 2. The fraction of sp³-hybridized carbons (Fsp3) is 0.0169. The molecule has 0 atom stereocenters. The molecule has 11 aromatic rings. The van der Waals surface area contributed by atoms with Crippen LogP contribution in [0.2, 0.25) is 0 Å². The van der Waals surface area contributed by atoms with Gasteiger partial charge in [-0.25, -0.2) is 9.97 Å². The molecule has 0 aliphatic heterocycles. The van der Waals surface area contributed by atoms with Crippen LogP contribution in [0.1, 0.15) is 18.1 Å². The molecule has 2 nitrogen and oxygen atoms in total. The highest BCUT2D eigenvalue weighted by Gasteiger charge is 2.16. The molecule has 0 saturated heterocycles. The lowest BCUT2D eigenvalue weighted by molar-refractivity contribution is 1.18. The van der Waals surface area contributed by atoms with Gasteiger partial charge in [-0.15, -0.1) is 22.7 Å². The van der Waals surface area contributed by atoms with Crippen LogP contribution < -0.4 is 0 Å². The summed E-state index contributed by atoms with van der Waals surface area (Å²) in [6, 6.07) is 69.5. The van der Waals surface area contributed by atoms with E-state index in [1.54, 1.807) is 0 Å². The van der Waals surface area contributed by atoms with E-state index >= 15 is 0 Å². The van der Waals surface area contributed by atoms with E-state index in [2.05, 4.69) is 214 Å². The first-order valence-electron chi connectivity index (χ1n) is 21.1. The SMILES string of the molecule is C=C(/C=C\C=C(/C)c1ccccc1)c1cccc(-c2cc(-c3ccccc3)nc(-c3cc(-c4ccc5sc6ccccc6c5c4)cc(-c4ccc5sc6ccccc6c5c4)c3)n2)c1. The molecule has 0 unspecified atom stereocenters. The summed E-state index contributed by atoms with van der Waals surface area (Å²) in [6.45, 7) is 6.59. The van der Waals surface area contributed by atoms with Gasteiger partial charge in [-0.3, -0.25) is 0 Å². The second-order valence-electron chi connectivity index (χ2n) is 15.9. The highest BCUT2D eigenvalue weighted by Crippen LogP contribution is 2.41. The Balaban J connectivity index is 1.05. The van der Waals surface area contributed by atoms with Gasteiger partial charge >= 0.3 is 0 Å². The number of thiophene rings is 2. The van der Waals surface area contributed by atoms with Gasteiger partial charge < -0.3 is 0 Å². The number of rotatable bonds is 9. The summed E-state index contributed by atoms with van der Waals surface area (Å²) in [5, 5.41) is 5.12. The van der Waals surface area contributed by atoms with Crippen LogP contribution in [-0.2, 0) is 0 Å². The Hall–Kier alpha value is -7.50. The molecule has 0 saturated carbocycles. The Bertz CT molecular complexity index is 3460. The summed E-state index contributed by atoms with van der Waals surface area (Å²) in [4.78, 5) is 10.7. The largest absolute Gasteiger partial charge is 0.228 e. The average molecular weight is 841 g/mol. The minimum absolute atomic E-state index is 0.671. The van der Waals surface area contributed by atoms with Crippen molar-refractivity contribution in [2.75, 3.05) is 0 Å². The highest BCUT2D eigenvalue weighted by molar-refractivity contribution is 7.26. The van der Waals surface area contributed by atoms with Gasteiger partial charge in [0, 0.05) is 57.0 Å². The van der Waals surface area contributed by atoms with E-state index in [9.17, 15) is 0 Å². The topological polar surface area (TPSA) is 25.8 Å². The molecular formula is C59H40N2S2. The maximum absolute atomic E-state index is 5.39. The molecule has 0 amide bonds. The predicted octanol–water partition coefficient (Wildman–Crippen LogP) is 17.2. The van der Waals surface area contributed by atoms with Crippen molar-refractivity contribution in [1.82, 2.24) is 9.97 Å². The molecule has 0 aliphatic carbocycles. The quantitative estimate of drug-likeness (QED) is 0.135. The van der Waals surface area contributed by atoms with Crippen molar-refractivity contribution in [3.63, 3.8) is 0 Å². The molecular weight excluding hydrogens is 801 g/mol. The van der Waals surface area contributed by atoms with Crippen molar-refractivity contribution in [3.05, 3.63) is 230 Å². The van der Waals surface area contributed by atoms with Crippen molar-refractivity contribution in [2.24, 2.45) is 0 Å². The zero-order valence-corrected chi connectivity index (χ0v) is 36.3. The van der Waals surface area contributed by atoms with Crippen LogP contribution >= 0.6 is 22.7 Å². The van der Waals surface area contributed by atoms with Crippen molar-refractivity contribution in [2.45, 2.75) is 6.92 Å². The van der Waals surface area contributed by atoms with Crippen LogP contribution in [0.3, 0.4) is 0 Å². The van der Waals surface area contributed by atoms with Gasteiger partial charge in [-0.05, 0) is 118 Å². The van der Waals surface area contributed by atoms with E-state index in [0.717, 1.165) is 61.5 Å². The molecule has 0 N–H and O–H groups in total. The number of fused-ring (bicyclic) bond motifs is 6. The number of aromatic nitrogens is 2. The van der Waals surface area contributed by atoms with Crippen molar-refractivity contribution in [3.8, 4) is 56.2 Å². The minimum Gasteiger partial charge on any atom is -0.228 e. The molecule has 298 valence electrons. The fourth-order valence-corrected chi connectivity index (χ4v) is 10.6. The van der Waals surface area contributed by atoms with Crippen LogP contribution in [0.25, 0.3) is 108 Å². The summed E-state index contributed by atoms with van der Waals surface area (Å²) < 4.78 is 5.17. The summed E-state index contributed by atoms with van der Waals surface area (Å²) in [6.07, 6.45) is 6.29. The molecule has 0 fully saturated rings. The van der Waals surface area contributed by atoms with Gasteiger partial charge in [0.2, 0.25) is 0 Å². The lowest BCUT2D eigenvalue weighted by atomic mass is 9.94. The zero-order valence-electron chi connectivity index (χ0n) is 34.6. The third-order valence-corrected chi connectivity index (χ3v) is 14.1. The third kappa shape index (κ3) is 7.61. The van der Waals surface area contributed by atoms with E-state index < -0.39 is 0 Å². The minimum atomic E-state index is 0.671. The van der Waals surface area contributed by atoms with E-state index in [0.29, 0.717) is 5.82 Å². The number of hydrogen-bond acceptors (Lipinski definition) is 4. The number of allylic oxidation sites excluding steroid dienone is 5. The third-order valence-electron chi connectivity index (χ3n) is 11.8. The number of hydrogen-bond donors (Lipinski definition) is 0. The van der Waals surface area contributed by atoms with Gasteiger partial charge in [-0.1, -0.05) is 152 Å². The van der Waals surface area contributed by atoms with Crippen LogP contribution in [0, 0.1) is 0 Å². The second kappa shape index (κ2) is 16.4. The summed E-state index contributed by atoms with van der Waals surface area (Å²) in [5.74, 6) is 0.671. The van der Waals surface area contributed by atoms with Gasteiger partial charge in [-0.2, -0.15) is 0 Å². The van der Waals surface area contributed by atoms with E-state index in [1.165, 1.54) is 51.5 Å². The summed E-state index contributed by atoms with van der Waals surface area (Å²) >= 11 is 3.69. The Morgan fingerprint density at radius 3 is 1.56 bits per heavy atom. The first-order valence-corrected chi connectivity index (χ1v) is 22.8. The zero-order chi connectivity index (χ0) is 42.3. The van der Waals surface area contributed by atoms with Crippen molar-refractivity contribution < 1.29 is 0 Å². The monoisotopic (exact) mass is 840 g/mol. The van der Waals surface area contributed by atoms with E-state index in [4.69, 9.17) is 9.97 Å².